The zero-order chi connectivity index (χ0) is 20.5. The van der Waals surface area contributed by atoms with Crippen molar-refractivity contribution >= 4 is 22.6 Å². The minimum absolute atomic E-state index is 0.153. The van der Waals surface area contributed by atoms with Crippen LogP contribution in [0.1, 0.15) is 17.3 Å². The Kier molecular flexibility index (Phi) is 4.80. The Morgan fingerprint density at radius 3 is 2.55 bits per heavy atom. The van der Waals surface area contributed by atoms with Gasteiger partial charge in [-0.2, -0.15) is 0 Å². The molecule has 2 aliphatic rings. The van der Waals surface area contributed by atoms with Crippen LogP contribution >= 0.6 is 0 Å². The van der Waals surface area contributed by atoms with Crippen molar-refractivity contribution in [3.05, 3.63) is 71.6 Å². The van der Waals surface area contributed by atoms with Crippen LogP contribution in [-0.2, 0) is 0 Å². The largest absolute Gasteiger partial charge is 0.545 e. The predicted octanol–water partition coefficient (Wildman–Crippen LogP) is 3.55. The van der Waals surface area contributed by atoms with Crippen LogP contribution in [0.3, 0.4) is 0 Å². The standard InChI is InChI=1S/C24H22N2O3/c1-4-25-15-9-11-19-21(13-15)29-22-14-16(26(2)3)10-12-20(22)23(19)17-7-5-6-8-18(17)24(27)28/h5-14H,4H2,1-3H3,(H,27,28)/p-1. The summed E-state index contributed by atoms with van der Waals surface area (Å²) in [5.74, 6) is -0.545. The van der Waals surface area contributed by atoms with Crippen LogP contribution < -0.4 is 15.4 Å². The third kappa shape index (κ3) is 3.36. The van der Waals surface area contributed by atoms with Gasteiger partial charge in [0.1, 0.15) is 11.3 Å². The smallest absolute Gasteiger partial charge is 0.137 e. The Morgan fingerprint density at radius 2 is 1.83 bits per heavy atom. The van der Waals surface area contributed by atoms with Gasteiger partial charge in [-0.3, -0.25) is 4.99 Å². The molecule has 0 saturated carbocycles. The Labute approximate surface area is 168 Å². The van der Waals surface area contributed by atoms with E-state index in [0.717, 1.165) is 27.6 Å². The van der Waals surface area contributed by atoms with Gasteiger partial charge in [0.05, 0.1) is 11.3 Å². The highest BCUT2D eigenvalue weighted by atomic mass is 16.4. The van der Waals surface area contributed by atoms with Crippen molar-refractivity contribution in [2.75, 3.05) is 25.5 Å². The highest BCUT2D eigenvalue weighted by Gasteiger charge is 2.19. The van der Waals surface area contributed by atoms with Gasteiger partial charge in [0.15, 0.2) is 0 Å². The second-order valence-electron chi connectivity index (χ2n) is 7.04. The Balaban J connectivity index is 2.16. The number of hydrogen-bond donors (Lipinski definition) is 0. The summed E-state index contributed by atoms with van der Waals surface area (Å²) in [5.41, 5.74) is 4.08. The zero-order valence-electron chi connectivity index (χ0n) is 16.6. The zero-order valence-corrected chi connectivity index (χ0v) is 16.6. The molecule has 1 aliphatic heterocycles. The number of carboxylic acid groups (broad SMARTS) is 1. The third-order valence-electron chi connectivity index (χ3n) is 4.96. The highest BCUT2D eigenvalue weighted by molar-refractivity contribution is 6.07. The molecule has 2 aromatic carbocycles. The molecule has 0 aromatic heterocycles. The lowest BCUT2D eigenvalue weighted by Gasteiger charge is -2.19. The number of hydrogen-bond acceptors (Lipinski definition) is 5. The van der Waals surface area contributed by atoms with E-state index in [0.29, 0.717) is 23.5 Å². The molecule has 0 N–H and O–H groups in total. The van der Waals surface area contributed by atoms with Gasteiger partial charge in [-0.15, -0.1) is 0 Å². The number of rotatable bonds is 4. The fourth-order valence-corrected chi connectivity index (χ4v) is 3.60. The first kappa shape index (κ1) is 18.7. The average molecular weight is 385 g/mol. The van der Waals surface area contributed by atoms with E-state index in [1.165, 1.54) is 0 Å². The molecule has 5 nitrogen and oxygen atoms in total. The summed E-state index contributed by atoms with van der Waals surface area (Å²) in [6.45, 7) is 2.65. The lowest BCUT2D eigenvalue weighted by molar-refractivity contribution is -0.254. The number of carboxylic acids is 1. The molecule has 1 heterocycles. The van der Waals surface area contributed by atoms with E-state index in [1.807, 2.05) is 74.4 Å². The molecule has 4 rings (SSSR count). The third-order valence-corrected chi connectivity index (χ3v) is 4.96. The van der Waals surface area contributed by atoms with E-state index in [2.05, 4.69) is 4.99 Å². The fourth-order valence-electron chi connectivity index (χ4n) is 3.60. The van der Waals surface area contributed by atoms with E-state index in [9.17, 15) is 9.90 Å². The maximum Gasteiger partial charge on any atom is 0.137 e. The summed E-state index contributed by atoms with van der Waals surface area (Å²) in [6.07, 6.45) is 0. The van der Waals surface area contributed by atoms with Gasteiger partial charge in [0.2, 0.25) is 0 Å². The first-order valence-electron chi connectivity index (χ1n) is 9.48. The lowest BCUT2D eigenvalue weighted by atomic mass is 9.90. The number of benzene rings is 3. The molecule has 0 fully saturated rings. The van der Waals surface area contributed by atoms with Crippen molar-refractivity contribution in [1.29, 1.82) is 0 Å². The predicted molar refractivity (Wildman–Crippen MR) is 113 cm³/mol. The van der Waals surface area contributed by atoms with Crippen molar-refractivity contribution in [3.63, 3.8) is 0 Å². The monoisotopic (exact) mass is 385 g/mol. The van der Waals surface area contributed by atoms with Gasteiger partial charge in [-0.05, 0) is 36.8 Å². The van der Waals surface area contributed by atoms with E-state index in [1.54, 1.807) is 12.1 Å². The normalized spacial score (nSPS) is 11.9. The van der Waals surface area contributed by atoms with Crippen LogP contribution in [0.5, 0.6) is 0 Å². The van der Waals surface area contributed by atoms with Gasteiger partial charge in [0.25, 0.3) is 0 Å². The van der Waals surface area contributed by atoms with E-state index < -0.39 is 5.97 Å². The number of carbonyl (C=O) groups excluding carboxylic acids is 1. The van der Waals surface area contributed by atoms with Gasteiger partial charge >= 0.3 is 0 Å². The Bertz CT molecular complexity index is 1250. The summed E-state index contributed by atoms with van der Waals surface area (Å²) < 4.78 is 6.24. The second-order valence-corrected chi connectivity index (χ2v) is 7.04. The molecule has 0 atom stereocenters. The minimum atomic E-state index is -1.20. The molecule has 0 unspecified atom stereocenters. The Hall–Kier alpha value is -3.60. The molecule has 146 valence electrons. The van der Waals surface area contributed by atoms with Gasteiger partial charge < -0.3 is 19.2 Å². The van der Waals surface area contributed by atoms with Crippen molar-refractivity contribution in [2.45, 2.75) is 6.92 Å². The van der Waals surface area contributed by atoms with E-state index in [-0.39, 0.29) is 5.56 Å². The summed E-state index contributed by atoms with van der Waals surface area (Å²) >= 11 is 0. The van der Waals surface area contributed by atoms with Crippen LogP contribution in [0.25, 0.3) is 33.4 Å². The minimum Gasteiger partial charge on any atom is -0.545 e. The van der Waals surface area contributed by atoms with Crippen LogP contribution in [0.2, 0.25) is 0 Å². The average Bonchev–Trinajstić information content (AvgIpc) is 2.71. The molecule has 5 heteroatoms. The number of carbonyl (C=O) groups is 1. The molecule has 2 aromatic rings. The maximum atomic E-state index is 11.8. The van der Waals surface area contributed by atoms with Crippen LogP contribution in [0, 0.1) is 0 Å². The van der Waals surface area contributed by atoms with Crippen molar-refractivity contribution < 1.29 is 14.3 Å². The molecular weight excluding hydrogens is 364 g/mol. The summed E-state index contributed by atoms with van der Waals surface area (Å²) in [6, 6.07) is 18.6. The summed E-state index contributed by atoms with van der Waals surface area (Å²) in [5, 5.41) is 13.5. The maximum absolute atomic E-state index is 11.8. The molecule has 0 radical (unpaired) electrons. The van der Waals surface area contributed by atoms with E-state index in [4.69, 9.17) is 4.42 Å². The second kappa shape index (κ2) is 7.43. The quantitative estimate of drug-likeness (QED) is 0.504. The van der Waals surface area contributed by atoms with Crippen LogP contribution in [0.15, 0.2) is 70.1 Å². The van der Waals surface area contributed by atoms with Crippen molar-refractivity contribution in [3.8, 4) is 22.5 Å². The van der Waals surface area contributed by atoms with Crippen LogP contribution in [-0.4, -0.2) is 26.6 Å². The van der Waals surface area contributed by atoms with Gasteiger partial charge in [0, 0.05) is 60.5 Å². The molecule has 0 amide bonds. The number of aromatic carboxylic acids is 1. The van der Waals surface area contributed by atoms with Crippen molar-refractivity contribution in [2.24, 2.45) is 4.99 Å². The molecule has 29 heavy (non-hydrogen) atoms. The first-order chi connectivity index (χ1) is 14.0. The SMILES string of the molecule is CCN=c1ccc2c(-c3ccccc3C(=O)[O-])c3ccc(N(C)C)cc3oc-2c1. The topological polar surface area (TPSA) is 68.9 Å². The Morgan fingerprint density at radius 1 is 1.03 bits per heavy atom. The van der Waals surface area contributed by atoms with Crippen molar-refractivity contribution in [1.82, 2.24) is 0 Å². The number of nitrogens with zero attached hydrogens (tertiary/aromatic N) is 2. The number of fused-ring (bicyclic) bond motifs is 2. The van der Waals surface area contributed by atoms with E-state index >= 15 is 0 Å². The number of anilines is 1. The van der Waals surface area contributed by atoms with Crippen LogP contribution in [0.4, 0.5) is 5.69 Å². The summed E-state index contributed by atoms with van der Waals surface area (Å²) in [7, 11) is 3.93. The highest BCUT2D eigenvalue weighted by Crippen LogP contribution is 2.41. The molecular formula is C24H21N2O3-. The molecule has 0 saturated heterocycles. The molecule has 0 bridgehead atoms. The molecule has 1 aliphatic carbocycles. The molecule has 0 spiro atoms. The fraction of sp³-hybridized carbons (Fsp3) is 0.167. The van der Waals surface area contributed by atoms with Gasteiger partial charge in [-0.25, -0.2) is 0 Å². The summed E-state index contributed by atoms with van der Waals surface area (Å²) in [4.78, 5) is 18.2. The van der Waals surface area contributed by atoms with Gasteiger partial charge in [-0.1, -0.05) is 24.3 Å². The first-order valence-corrected chi connectivity index (χ1v) is 9.48. The lowest BCUT2D eigenvalue weighted by Crippen LogP contribution is -2.23.